The van der Waals surface area contributed by atoms with E-state index in [9.17, 15) is 19.2 Å². The van der Waals surface area contributed by atoms with E-state index in [-0.39, 0.29) is 36.1 Å². The first-order chi connectivity index (χ1) is 20.7. The Bertz CT molecular complexity index is 1670. The lowest BCUT2D eigenvalue weighted by molar-refractivity contribution is -0.119. The zero-order chi connectivity index (χ0) is 30.4. The largest absolute Gasteiger partial charge is 0.487 e. The Labute approximate surface area is 246 Å². The summed E-state index contributed by atoms with van der Waals surface area (Å²) in [6.45, 7) is 6.39. The molecule has 12 nitrogen and oxygen atoms in total. The van der Waals surface area contributed by atoms with Crippen LogP contribution in [0.4, 0.5) is 26.2 Å². The quantitative estimate of drug-likeness (QED) is 0.430. The van der Waals surface area contributed by atoms with Crippen molar-refractivity contribution in [1.29, 1.82) is 0 Å². The number of carbonyl (C=O) groups is 3. The molecule has 13 heteroatoms. The highest BCUT2D eigenvalue weighted by atomic mass is 19.1. The third-order valence-electron chi connectivity index (χ3n) is 8.12. The number of hydrogen-bond donors (Lipinski definition) is 1. The number of nitrogens with zero attached hydrogens (tertiary/aromatic N) is 4. The molecule has 1 aromatic heterocycles. The molecule has 6 rings (SSSR count). The summed E-state index contributed by atoms with van der Waals surface area (Å²) in [6, 6.07) is 8.59. The van der Waals surface area contributed by atoms with Crippen LogP contribution in [-0.2, 0) is 14.3 Å². The first-order valence-corrected chi connectivity index (χ1v) is 14.1. The van der Waals surface area contributed by atoms with Crippen LogP contribution in [-0.4, -0.2) is 81.6 Å². The van der Waals surface area contributed by atoms with Gasteiger partial charge in [-0.15, -0.1) is 0 Å². The molecule has 2 fully saturated rings. The molecule has 2 saturated heterocycles. The topological polar surface area (TPSA) is 123 Å². The lowest BCUT2D eigenvalue weighted by atomic mass is 10.1. The molecule has 2 atom stereocenters. The highest BCUT2D eigenvalue weighted by molar-refractivity contribution is 5.98. The zero-order valence-electron chi connectivity index (χ0n) is 24.1. The monoisotopic (exact) mass is 593 g/mol. The smallest absolute Gasteiger partial charge is 0.414 e. The third-order valence-corrected chi connectivity index (χ3v) is 8.12. The van der Waals surface area contributed by atoms with E-state index >= 15 is 4.39 Å². The van der Waals surface area contributed by atoms with Gasteiger partial charge in [-0.2, -0.15) is 0 Å². The van der Waals surface area contributed by atoms with Gasteiger partial charge in [-0.3, -0.25) is 14.5 Å². The van der Waals surface area contributed by atoms with Crippen molar-refractivity contribution in [1.82, 2.24) is 9.88 Å². The lowest BCUT2D eigenvalue weighted by Crippen LogP contribution is -2.47. The van der Waals surface area contributed by atoms with Gasteiger partial charge < -0.3 is 33.9 Å². The first-order valence-electron chi connectivity index (χ1n) is 14.1. The summed E-state index contributed by atoms with van der Waals surface area (Å²) in [7, 11) is 1.20. The molecular weight excluding hydrogens is 561 g/mol. The number of hydrogen-bond acceptors (Lipinski definition) is 9. The van der Waals surface area contributed by atoms with Crippen LogP contribution in [0, 0.1) is 5.82 Å². The van der Waals surface area contributed by atoms with Crippen molar-refractivity contribution in [3.8, 4) is 5.75 Å². The molecule has 3 aliphatic heterocycles. The molecule has 0 bridgehead atoms. The second-order valence-electron chi connectivity index (χ2n) is 10.9. The van der Waals surface area contributed by atoms with Crippen molar-refractivity contribution in [2.45, 2.75) is 26.0 Å². The van der Waals surface area contributed by atoms with Gasteiger partial charge in [0, 0.05) is 50.7 Å². The predicted octanol–water partition coefficient (Wildman–Crippen LogP) is 2.67. The number of ether oxygens (including phenoxy) is 3. The van der Waals surface area contributed by atoms with Gasteiger partial charge in [0.2, 0.25) is 11.3 Å². The van der Waals surface area contributed by atoms with Crippen LogP contribution in [0.2, 0.25) is 0 Å². The number of amides is 2. The van der Waals surface area contributed by atoms with Crippen molar-refractivity contribution in [3.63, 3.8) is 0 Å². The average Bonchev–Trinajstić information content (AvgIpc) is 3.38. The Kier molecular flexibility index (Phi) is 7.32. The van der Waals surface area contributed by atoms with Crippen LogP contribution >= 0.6 is 0 Å². The van der Waals surface area contributed by atoms with E-state index in [1.807, 2.05) is 36.1 Å². The fourth-order valence-corrected chi connectivity index (χ4v) is 5.89. The number of anilines is 3. The number of rotatable bonds is 6. The summed E-state index contributed by atoms with van der Waals surface area (Å²) in [5.74, 6) is -1.24. The molecule has 0 spiro atoms. The normalized spacial score (nSPS) is 19.7. The van der Waals surface area contributed by atoms with Gasteiger partial charge in [0.25, 0.3) is 0 Å². The van der Waals surface area contributed by atoms with Crippen molar-refractivity contribution >= 4 is 45.9 Å². The lowest BCUT2D eigenvalue weighted by Gasteiger charge is -2.39. The number of methoxy groups -OCH3 is 1. The van der Waals surface area contributed by atoms with Gasteiger partial charge in [-0.25, -0.2) is 14.0 Å². The van der Waals surface area contributed by atoms with Gasteiger partial charge in [-0.1, -0.05) is 0 Å². The molecule has 1 unspecified atom stereocenters. The zero-order valence-corrected chi connectivity index (χ0v) is 24.1. The summed E-state index contributed by atoms with van der Waals surface area (Å²) in [5.41, 5.74) is 1.68. The Morgan fingerprint density at radius 2 is 1.74 bits per heavy atom. The van der Waals surface area contributed by atoms with Crippen LogP contribution in [0.25, 0.3) is 10.9 Å². The number of esters is 1. The molecule has 0 saturated carbocycles. The van der Waals surface area contributed by atoms with E-state index in [0.29, 0.717) is 55.4 Å². The van der Waals surface area contributed by atoms with Crippen LogP contribution < -0.4 is 30.2 Å². The molecule has 3 aliphatic rings. The maximum absolute atomic E-state index is 15.7. The summed E-state index contributed by atoms with van der Waals surface area (Å²) < 4.78 is 33.7. The standard InChI is InChI=1S/C30H32FN5O7/c1-17-16-42-28-25-22(27(38)23(15-35(17)25)29(39)41-3)12-24(31)26(28)34-10-8-33(9-11-34)19-4-6-20(7-5-19)36-14-21(43-30(36)40)13-32-18(2)37/h4-7,12,15,17,21H,8-11,13-14,16H2,1-3H3,(H,32,37)/t17?,21-/m0/s1. The second kappa shape index (κ2) is 11.1. The predicted molar refractivity (Wildman–Crippen MR) is 157 cm³/mol. The fourth-order valence-electron chi connectivity index (χ4n) is 5.89. The molecule has 226 valence electrons. The van der Waals surface area contributed by atoms with Crippen LogP contribution in [0.1, 0.15) is 30.2 Å². The Balaban J connectivity index is 1.19. The van der Waals surface area contributed by atoms with Gasteiger partial charge in [0.1, 0.15) is 24.0 Å². The highest BCUT2D eigenvalue weighted by Gasteiger charge is 2.34. The number of halogens is 1. The number of benzene rings is 2. The van der Waals surface area contributed by atoms with E-state index in [4.69, 9.17) is 14.2 Å². The number of cyclic esters (lactones) is 1. The van der Waals surface area contributed by atoms with Gasteiger partial charge in [-0.05, 0) is 37.3 Å². The molecule has 2 amide bonds. The van der Waals surface area contributed by atoms with E-state index in [0.717, 1.165) is 5.69 Å². The number of nitrogens with one attached hydrogen (secondary N) is 1. The molecule has 43 heavy (non-hydrogen) atoms. The van der Waals surface area contributed by atoms with E-state index in [1.54, 1.807) is 4.57 Å². The van der Waals surface area contributed by atoms with E-state index < -0.39 is 29.4 Å². The summed E-state index contributed by atoms with van der Waals surface area (Å²) >= 11 is 0. The molecule has 0 radical (unpaired) electrons. The Hall–Kier alpha value is -4.81. The Morgan fingerprint density at radius 3 is 2.42 bits per heavy atom. The van der Waals surface area contributed by atoms with Crippen molar-refractivity contribution in [2.75, 3.05) is 67.7 Å². The molecule has 0 aliphatic carbocycles. The minimum Gasteiger partial charge on any atom is -0.487 e. The molecule has 2 aromatic carbocycles. The molecule has 3 aromatic rings. The minimum absolute atomic E-state index is 0.0766. The van der Waals surface area contributed by atoms with Crippen LogP contribution in [0.3, 0.4) is 0 Å². The summed E-state index contributed by atoms with van der Waals surface area (Å²) in [5, 5.41) is 2.75. The highest BCUT2D eigenvalue weighted by Crippen LogP contribution is 2.42. The third kappa shape index (κ3) is 5.08. The number of carbonyl (C=O) groups excluding carboxylic acids is 3. The van der Waals surface area contributed by atoms with Crippen molar-refractivity contribution in [3.05, 3.63) is 58.1 Å². The number of piperazine rings is 1. The maximum atomic E-state index is 15.7. The molecular formula is C30H32FN5O7. The van der Waals surface area contributed by atoms with Gasteiger partial charge in [0.05, 0.1) is 37.1 Å². The fraction of sp³-hybridized carbons (Fsp3) is 0.400. The summed E-state index contributed by atoms with van der Waals surface area (Å²) in [6.07, 6.45) is 0.602. The maximum Gasteiger partial charge on any atom is 0.414 e. The Morgan fingerprint density at radius 1 is 1.07 bits per heavy atom. The minimum atomic E-state index is -0.768. The van der Waals surface area contributed by atoms with Crippen molar-refractivity contribution in [2.24, 2.45) is 0 Å². The van der Waals surface area contributed by atoms with E-state index in [1.165, 1.54) is 31.2 Å². The van der Waals surface area contributed by atoms with Gasteiger partial charge in [0.15, 0.2) is 11.6 Å². The molecule has 4 heterocycles. The second-order valence-corrected chi connectivity index (χ2v) is 10.9. The van der Waals surface area contributed by atoms with E-state index in [2.05, 4.69) is 10.2 Å². The summed E-state index contributed by atoms with van der Waals surface area (Å²) in [4.78, 5) is 54.5. The number of aromatic nitrogens is 1. The van der Waals surface area contributed by atoms with Gasteiger partial charge >= 0.3 is 12.1 Å². The van der Waals surface area contributed by atoms with Crippen LogP contribution in [0.15, 0.2) is 41.3 Å². The SMILES string of the molecule is COC(=O)c1cn2c3c(c(N4CCN(c5ccc(N6C[C@H](CNC(C)=O)OC6=O)cc5)CC4)c(F)cc3c1=O)OCC2C. The average molecular weight is 594 g/mol. The number of pyridine rings is 1. The molecule has 1 N–H and O–H groups in total. The van der Waals surface area contributed by atoms with Crippen molar-refractivity contribution < 1.29 is 33.0 Å². The first kappa shape index (κ1) is 28.3. The van der Waals surface area contributed by atoms with Crippen LogP contribution in [0.5, 0.6) is 5.75 Å².